The molecule has 0 radical (unpaired) electrons. The molecular weight excluding hydrogens is 243 g/mol. The van der Waals surface area contributed by atoms with E-state index in [0.29, 0.717) is 22.5 Å². The topological polar surface area (TPSA) is 55.1 Å². The van der Waals surface area contributed by atoms with Crippen LogP contribution in [0.15, 0.2) is 36.4 Å². The van der Waals surface area contributed by atoms with Crippen molar-refractivity contribution in [1.82, 2.24) is 0 Å². The van der Waals surface area contributed by atoms with Gasteiger partial charge in [0.1, 0.15) is 5.82 Å². The molecule has 0 aliphatic heterocycles. The van der Waals surface area contributed by atoms with E-state index in [4.69, 9.17) is 5.73 Å². The summed E-state index contributed by atoms with van der Waals surface area (Å²) in [4.78, 5) is 12.1. The number of nitrogen functional groups attached to an aromatic ring is 1. The van der Waals surface area contributed by atoms with E-state index in [9.17, 15) is 9.18 Å². The minimum absolute atomic E-state index is 0.305. The smallest absolute Gasteiger partial charge is 0.255 e. The fraction of sp³-hybridized carbons (Fsp3) is 0.133. The summed E-state index contributed by atoms with van der Waals surface area (Å²) in [6, 6.07) is 9.65. The number of benzene rings is 2. The van der Waals surface area contributed by atoms with Crippen LogP contribution in [0.3, 0.4) is 0 Å². The second-order valence-electron chi connectivity index (χ2n) is 4.44. The molecule has 2 aromatic rings. The number of nitrogens with one attached hydrogen (secondary N) is 1. The largest absolute Gasteiger partial charge is 0.398 e. The summed E-state index contributed by atoms with van der Waals surface area (Å²) in [7, 11) is 0. The molecule has 3 N–H and O–H groups in total. The van der Waals surface area contributed by atoms with Crippen LogP contribution in [-0.4, -0.2) is 5.91 Å². The van der Waals surface area contributed by atoms with E-state index in [2.05, 4.69) is 5.32 Å². The van der Waals surface area contributed by atoms with E-state index in [0.717, 1.165) is 5.56 Å². The van der Waals surface area contributed by atoms with Crippen molar-refractivity contribution in [1.29, 1.82) is 0 Å². The molecule has 2 rings (SSSR count). The zero-order valence-corrected chi connectivity index (χ0v) is 10.8. The van der Waals surface area contributed by atoms with Crippen molar-refractivity contribution in [3.05, 3.63) is 58.9 Å². The number of halogens is 1. The highest BCUT2D eigenvalue weighted by molar-refractivity contribution is 6.05. The summed E-state index contributed by atoms with van der Waals surface area (Å²) in [5.41, 5.74) is 8.57. The number of amides is 1. The third-order valence-corrected chi connectivity index (χ3v) is 3.06. The van der Waals surface area contributed by atoms with Crippen molar-refractivity contribution in [2.75, 3.05) is 11.1 Å². The van der Waals surface area contributed by atoms with Crippen LogP contribution in [0.4, 0.5) is 15.8 Å². The number of carbonyl (C=O) groups excluding carboxylic acids is 1. The van der Waals surface area contributed by atoms with Gasteiger partial charge in [0.15, 0.2) is 0 Å². The first kappa shape index (κ1) is 13.1. The van der Waals surface area contributed by atoms with Crippen molar-refractivity contribution >= 4 is 17.3 Å². The van der Waals surface area contributed by atoms with Gasteiger partial charge in [0, 0.05) is 22.5 Å². The van der Waals surface area contributed by atoms with Crippen LogP contribution >= 0.6 is 0 Å². The van der Waals surface area contributed by atoms with E-state index in [1.165, 1.54) is 6.07 Å². The third-order valence-electron chi connectivity index (χ3n) is 3.06. The molecule has 0 bridgehead atoms. The predicted octanol–water partition coefficient (Wildman–Crippen LogP) is 3.28. The van der Waals surface area contributed by atoms with Crippen LogP contribution in [0.5, 0.6) is 0 Å². The van der Waals surface area contributed by atoms with Gasteiger partial charge in [-0.05, 0) is 43.7 Å². The van der Waals surface area contributed by atoms with Crippen LogP contribution in [0, 0.1) is 19.7 Å². The highest BCUT2D eigenvalue weighted by Crippen LogP contribution is 2.19. The van der Waals surface area contributed by atoms with Crippen LogP contribution in [-0.2, 0) is 0 Å². The molecule has 0 atom stereocenters. The predicted molar refractivity (Wildman–Crippen MR) is 74.7 cm³/mol. The second-order valence-corrected chi connectivity index (χ2v) is 4.44. The SMILES string of the molecule is Cc1ccc(C(=O)Nc2cccc(F)c2C)cc1N. The summed E-state index contributed by atoms with van der Waals surface area (Å²) in [5.74, 6) is -0.651. The Morgan fingerprint density at radius 1 is 1.21 bits per heavy atom. The Morgan fingerprint density at radius 2 is 1.95 bits per heavy atom. The molecule has 0 fully saturated rings. The van der Waals surface area contributed by atoms with E-state index >= 15 is 0 Å². The molecule has 1 amide bonds. The van der Waals surface area contributed by atoms with Gasteiger partial charge in [-0.3, -0.25) is 4.79 Å². The molecule has 19 heavy (non-hydrogen) atoms. The van der Waals surface area contributed by atoms with E-state index in [1.54, 1.807) is 37.3 Å². The molecule has 2 aromatic carbocycles. The molecule has 0 saturated heterocycles. The highest BCUT2D eigenvalue weighted by Gasteiger charge is 2.10. The van der Waals surface area contributed by atoms with Crippen LogP contribution in [0.1, 0.15) is 21.5 Å². The van der Waals surface area contributed by atoms with Crippen molar-refractivity contribution in [2.24, 2.45) is 0 Å². The Kier molecular flexibility index (Phi) is 3.51. The van der Waals surface area contributed by atoms with Gasteiger partial charge in [-0.2, -0.15) is 0 Å². The number of carbonyl (C=O) groups is 1. The molecule has 0 aliphatic rings. The van der Waals surface area contributed by atoms with Crippen molar-refractivity contribution in [2.45, 2.75) is 13.8 Å². The van der Waals surface area contributed by atoms with Gasteiger partial charge < -0.3 is 11.1 Å². The molecule has 3 nitrogen and oxygen atoms in total. The lowest BCUT2D eigenvalue weighted by Gasteiger charge is -2.10. The normalized spacial score (nSPS) is 10.3. The maximum absolute atomic E-state index is 13.4. The number of anilines is 2. The molecule has 0 unspecified atom stereocenters. The summed E-state index contributed by atoms with van der Waals surface area (Å²) in [5, 5.41) is 2.68. The summed E-state index contributed by atoms with van der Waals surface area (Å²) in [6.45, 7) is 3.49. The Balaban J connectivity index is 2.26. The van der Waals surface area contributed by atoms with Crippen molar-refractivity contribution in [3.8, 4) is 0 Å². The zero-order chi connectivity index (χ0) is 14.0. The quantitative estimate of drug-likeness (QED) is 0.812. The summed E-state index contributed by atoms with van der Waals surface area (Å²) >= 11 is 0. The number of aryl methyl sites for hydroxylation is 1. The number of rotatable bonds is 2. The maximum Gasteiger partial charge on any atom is 0.255 e. The highest BCUT2D eigenvalue weighted by atomic mass is 19.1. The van der Waals surface area contributed by atoms with Gasteiger partial charge in [-0.15, -0.1) is 0 Å². The second kappa shape index (κ2) is 5.10. The Morgan fingerprint density at radius 3 is 2.63 bits per heavy atom. The number of nitrogens with two attached hydrogens (primary N) is 1. The molecule has 0 aliphatic carbocycles. The lowest BCUT2D eigenvalue weighted by atomic mass is 10.1. The van der Waals surface area contributed by atoms with Crippen LogP contribution < -0.4 is 11.1 Å². The Bertz CT molecular complexity index is 638. The third kappa shape index (κ3) is 2.73. The van der Waals surface area contributed by atoms with Gasteiger partial charge in [0.2, 0.25) is 0 Å². The van der Waals surface area contributed by atoms with E-state index in [-0.39, 0.29) is 11.7 Å². The monoisotopic (exact) mass is 258 g/mol. The standard InChI is InChI=1S/C15H15FN2O/c1-9-6-7-11(8-13(9)17)15(19)18-14-5-3-4-12(16)10(14)2/h3-8H,17H2,1-2H3,(H,18,19). The van der Waals surface area contributed by atoms with Gasteiger partial charge in [-0.1, -0.05) is 12.1 Å². The fourth-order valence-corrected chi connectivity index (χ4v) is 1.72. The molecule has 4 heteroatoms. The lowest BCUT2D eigenvalue weighted by Crippen LogP contribution is -2.13. The van der Waals surface area contributed by atoms with Crippen LogP contribution in [0.25, 0.3) is 0 Å². The lowest BCUT2D eigenvalue weighted by molar-refractivity contribution is 0.102. The number of hydrogen-bond acceptors (Lipinski definition) is 2. The molecule has 98 valence electrons. The van der Waals surface area contributed by atoms with Gasteiger partial charge in [-0.25, -0.2) is 4.39 Å². The Labute approximate surface area is 111 Å². The minimum Gasteiger partial charge on any atom is -0.398 e. The molecular formula is C15H15FN2O. The first-order chi connectivity index (χ1) is 8.99. The first-order valence-electron chi connectivity index (χ1n) is 5.91. The van der Waals surface area contributed by atoms with Crippen LogP contribution in [0.2, 0.25) is 0 Å². The maximum atomic E-state index is 13.4. The number of hydrogen-bond donors (Lipinski definition) is 2. The molecule has 0 spiro atoms. The fourth-order valence-electron chi connectivity index (χ4n) is 1.72. The average molecular weight is 258 g/mol. The van der Waals surface area contributed by atoms with E-state index in [1.807, 2.05) is 6.92 Å². The minimum atomic E-state index is -0.346. The first-order valence-corrected chi connectivity index (χ1v) is 5.91. The van der Waals surface area contributed by atoms with Crippen molar-refractivity contribution < 1.29 is 9.18 Å². The van der Waals surface area contributed by atoms with Gasteiger partial charge >= 0.3 is 0 Å². The average Bonchev–Trinajstić information content (AvgIpc) is 2.38. The Hall–Kier alpha value is -2.36. The molecule has 0 aromatic heterocycles. The van der Waals surface area contributed by atoms with Gasteiger partial charge in [0.25, 0.3) is 5.91 Å². The summed E-state index contributed by atoms with van der Waals surface area (Å²) < 4.78 is 13.4. The van der Waals surface area contributed by atoms with Gasteiger partial charge in [0.05, 0.1) is 0 Å². The van der Waals surface area contributed by atoms with E-state index < -0.39 is 0 Å². The summed E-state index contributed by atoms with van der Waals surface area (Å²) in [6.07, 6.45) is 0. The molecule has 0 heterocycles. The zero-order valence-electron chi connectivity index (χ0n) is 10.8. The van der Waals surface area contributed by atoms with Crippen molar-refractivity contribution in [3.63, 3.8) is 0 Å². The molecule has 0 saturated carbocycles.